The highest BCUT2D eigenvalue weighted by Gasteiger charge is 2.27. The fourth-order valence-electron chi connectivity index (χ4n) is 3.96. The third-order valence-corrected chi connectivity index (χ3v) is 6.10. The molecular weight excluding hydrogens is 493 g/mol. The molecule has 0 radical (unpaired) electrons. The predicted molar refractivity (Wildman–Crippen MR) is 142 cm³/mol. The fourth-order valence-corrected chi connectivity index (χ4v) is 4.09. The summed E-state index contributed by atoms with van der Waals surface area (Å²) in [6.07, 6.45) is 0. The van der Waals surface area contributed by atoms with E-state index in [-0.39, 0.29) is 24.1 Å². The summed E-state index contributed by atoms with van der Waals surface area (Å²) in [5.74, 6) is -0.241. The van der Waals surface area contributed by atoms with E-state index in [4.69, 9.17) is 26.2 Å². The van der Waals surface area contributed by atoms with E-state index < -0.39 is 5.82 Å². The van der Waals surface area contributed by atoms with Crippen molar-refractivity contribution >= 4 is 17.5 Å². The van der Waals surface area contributed by atoms with Crippen molar-refractivity contribution in [2.24, 2.45) is 0 Å². The van der Waals surface area contributed by atoms with Crippen molar-refractivity contribution < 1.29 is 18.7 Å². The van der Waals surface area contributed by atoms with Gasteiger partial charge in [0.2, 0.25) is 5.88 Å². The Morgan fingerprint density at radius 3 is 2.35 bits per heavy atom. The highest BCUT2D eigenvalue weighted by molar-refractivity contribution is 6.30. The van der Waals surface area contributed by atoms with Crippen LogP contribution in [0.1, 0.15) is 41.4 Å². The van der Waals surface area contributed by atoms with Crippen LogP contribution in [0.4, 0.5) is 4.39 Å². The van der Waals surface area contributed by atoms with Crippen molar-refractivity contribution in [3.63, 3.8) is 0 Å². The van der Waals surface area contributed by atoms with Crippen molar-refractivity contribution in [2.75, 3.05) is 20.3 Å². The molecule has 3 aromatic carbocycles. The molecule has 0 bridgehead atoms. The van der Waals surface area contributed by atoms with Gasteiger partial charge in [-0.1, -0.05) is 55.8 Å². The molecule has 1 amide bonds. The molecule has 4 aromatic rings. The van der Waals surface area contributed by atoms with E-state index in [9.17, 15) is 9.18 Å². The Balaban J connectivity index is 1.83. The molecule has 4 rings (SSSR count). The summed E-state index contributed by atoms with van der Waals surface area (Å²) in [6.45, 7) is 4.91. The van der Waals surface area contributed by atoms with Crippen molar-refractivity contribution in [3.05, 3.63) is 107 Å². The first-order valence-electron chi connectivity index (χ1n) is 12.0. The molecule has 0 aliphatic rings. The number of nitrogens with zero attached hydrogens (tertiary/aromatic N) is 3. The number of amides is 1. The number of carbonyl (C=O) groups is 1. The first-order chi connectivity index (χ1) is 17.9. The molecule has 192 valence electrons. The minimum Gasteiger partial charge on any atom is -0.435 e. The maximum absolute atomic E-state index is 14.7. The van der Waals surface area contributed by atoms with Crippen molar-refractivity contribution in [2.45, 2.75) is 26.3 Å². The average Bonchev–Trinajstić information content (AvgIpc) is 3.26. The third kappa shape index (κ3) is 6.18. The number of para-hydroxylation sites is 2. The van der Waals surface area contributed by atoms with E-state index in [2.05, 4.69) is 0 Å². The zero-order chi connectivity index (χ0) is 26.4. The monoisotopic (exact) mass is 521 g/mol. The van der Waals surface area contributed by atoms with Gasteiger partial charge >= 0.3 is 0 Å². The number of methoxy groups -OCH3 is 1. The molecule has 0 aliphatic carbocycles. The van der Waals surface area contributed by atoms with Gasteiger partial charge in [-0.15, -0.1) is 0 Å². The van der Waals surface area contributed by atoms with Crippen LogP contribution in [-0.2, 0) is 11.3 Å². The van der Waals surface area contributed by atoms with E-state index in [0.717, 1.165) is 11.4 Å². The lowest BCUT2D eigenvalue weighted by molar-refractivity contribution is 0.0678. The quantitative estimate of drug-likeness (QED) is 0.228. The minimum absolute atomic E-state index is 0.0119. The molecular formula is C29H29ClFN3O3. The molecule has 0 saturated heterocycles. The number of benzene rings is 3. The largest absolute Gasteiger partial charge is 0.435 e. The zero-order valence-corrected chi connectivity index (χ0v) is 21.8. The van der Waals surface area contributed by atoms with Crippen LogP contribution in [0.2, 0.25) is 5.02 Å². The highest BCUT2D eigenvalue weighted by Crippen LogP contribution is 2.35. The number of aromatic nitrogens is 2. The first-order valence-corrected chi connectivity index (χ1v) is 12.4. The van der Waals surface area contributed by atoms with Gasteiger partial charge in [-0.2, -0.15) is 5.10 Å². The van der Waals surface area contributed by atoms with Crippen LogP contribution in [0, 0.1) is 5.82 Å². The van der Waals surface area contributed by atoms with Crippen molar-refractivity contribution in [1.82, 2.24) is 14.7 Å². The second-order valence-electron chi connectivity index (χ2n) is 8.83. The molecule has 0 atom stereocenters. The lowest BCUT2D eigenvalue weighted by Gasteiger charge is -2.24. The average molecular weight is 522 g/mol. The fraction of sp³-hybridized carbons (Fsp3) is 0.241. The van der Waals surface area contributed by atoms with Gasteiger partial charge in [0.1, 0.15) is 0 Å². The maximum atomic E-state index is 14.7. The Kier molecular flexibility index (Phi) is 8.58. The van der Waals surface area contributed by atoms with E-state index in [1.807, 2.05) is 44.2 Å². The van der Waals surface area contributed by atoms with Crippen molar-refractivity contribution in [1.29, 1.82) is 0 Å². The molecule has 0 unspecified atom stereocenters. The smallest absolute Gasteiger partial charge is 0.254 e. The number of rotatable bonds is 10. The van der Waals surface area contributed by atoms with E-state index in [0.29, 0.717) is 35.2 Å². The van der Waals surface area contributed by atoms with Crippen molar-refractivity contribution in [3.8, 4) is 17.3 Å². The summed E-state index contributed by atoms with van der Waals surface area (Å²) < 4.78 is 27.8. The van der Waals surface area contributed by atoms with Crippen LogP contribution >= 0.6 is 11.6 Å². The van der Waals surface area contributed by atoms with Gasteiger partial charge in [0.15, 0.2) is 11.6 Å². The predicted octanol–water partition coefficient (Wildman–Crippen LogP) is 6.87. The van der Waals surface area contributed by atoms with Crippen LogP contribution in [0.15, 0.2) is 78.9 Å². The van der Waals surface area contributed by atoms with Gasteiger partial charge in [-0.3, -0.25) is 4.79 Å². The van der Waals surface area contributed by atoms with Crippen LogP contribution in [0.25, 0.3) is 5.69 Å². The SMILES string of the molecule is COCCN(Cc1c(C(C)C)nn(-c2ccccc2)c1Oc1ccccc1F)C(=O)c1ccc(Cl)cc1. The molecule has 1 heterocycles. The van der Waals surface area contributed by atoms with Crippen LogP contribution < -0.4 is 4.74 Å². The second kappa shape index (κ2) is 12.0. The van der Waals surface area contributed by atoms with Gasteiger partial charge in [0.05, 0.1) is 30.1 Å². The van der Waals surface area contributed by atoms with E-state index >= 15 is 0 Å². The first kappa shape index (κ1) is 26.4. The zero-order valence-electron chi connectivity index (χ0n) is 21.0. The minimum atomic E-state index is -0.492. The molecule has 0 fully saturated rings. The topological polar surface area (TPSA) is 56.6 Å². The number of hydrogen-bond donors (Lipinski definition) is 0. The summed E-state index contributed by atoms with van der Waals surface area (Å²) in [7, 11) is 1.59. The summed E-state index contributed by atoms with van der Waals surface area (Å²) in [6, 6.07) is 22.5. The molecule has 0 N–H and O–H groups in total. The number of hydrogen-bond acceptors (Lipinski definition) is 4. The summed E-state index contributed by atoms with van der Waals surface area (Å²) in [4.78, 5) is 15.2. The Morgan fingerprint density at radius 2 is 1.70 bits per heavy atom. The number of carbonyl (C=O) groups excluding carboxylic acids is 1. The lowest BCUT2D eigenvalue weighted by Crippen LogP contribution is -2.33. The van der Waals surface area contributed by atoms with Crippen LogP contribution in [0.5, 0.6) is 11.6 Å². The molecule has 6 nitrogen and oxygen atoms in total. The van der Waals surface area contributed by atoms with E-state index in [1.165, 1.54) is 6.07 Å². The summed E-state index contributed by atoms with van der Waals surface area (Å²) in [5.41, 5.74) is 2.70. The molecule has 1 aromatic heterocycles. The van der Waals surface area contributed by atoms with Gasteiger partial charge in [0, 0.05) is 24.2 Å². The molecule has 0 spiro atoms. The normalized spacial score (nSPS) is 11.1. The van der Waals surface area contributed by atoms with Crippen LogP contribution in [0.3, 0.4) is 0 Å². The highest BCUT2D eigenvalue weighted by atomic mass is 35.5. The Bertz CT molecular complexity index is 1340. The van der Waals surface area contributed by atoms with Gasteiger partial charge in [-0.05, 0) is 54.4 Å². The molecule has 0 saturated carbocycles. The maximum Gasteiger partial charge on any atom is 0.254 e. The second-order valence-corrected chi connectivity index (χ2v) is 9.27. The summed E-state index contributed by atoms with van der Waals surface area (Å²) in [5, 5.41) is 5.41. The Hall–Kier alpha value is -3.68. The van der Waals surface area contributed by atoms with Gasteiger partial charge in [-0.25, -0.2) is 9.07 Å². The Morgan fingerprint density at radius 1 is 1.03 bits per heavy atom. The molecule has 37 heavy (non-hydrogen) atoms. The van der Waals surface area contributed by atoms with E-state index in [1.54, 1.807) is 59.2 Å². The lowest BCUT2D eigenvalue weighted by atomic mass is 10.0. The molecule has 0 aliphatic heterocycles. The summed E-state index contributed by atoms with van der Waals surface area (Å²) >= 11 is 6.03. The number of halogens is 2. The van der Waals surface area contributed by atoms with Crippen LogP contribution in [-0.4, -0.2) is 40.8 Å². The molecule has 8 heteroatoms. The van der Waals surface area contributed by atoms with Gasteiger partial charge < -0.3 is 14.4 Å². The number of ether oxygens (including phenoxy) is 2. The third-order valence-electron chi connectivity index (χ3n) is 5.85. The standard InChI is InChI=1S/C29H29ClFN3O3/c1-20(2)27-24(19-33(17-18-36-3)28(35)21-13-15-22(30)16-14-21)29(37-26-12-8-7-11-25(26)31)34(32-27)23-9-5-4-6-10-23/h4-16,20H,17-19H2,1-3H3. The Labute approximate surface area is 221 Å². The van der Waals surface area contributed by atoms with Gasteiger partial charge in [0.25, 0.3) is 5.91 Å².